The van der Waals surface area contributed by atoms with Gasteiger partial charge in [0.25, 0.3) is 0 Å². The first-order chi connectivity index (χ1) is 8.64. The van der Waals surface area contributed by atoms with Crippen LogP contribution in [0.4, 0.5) is 0 Å². The molecule has 1 aromatic heterocycles. The van der Waals surface area contributed by atoms with E-state index in [1.807, 2.05) is 6.07 Å². The van der Waals surface area contributed by atoms with E-state index in [1.54, 1.807) is 12.5 Å². The van der Waals surface area contributed by atoms with E-state index in [0.29, 0.717) is 0 Å². The molecule has 1 aliphatic heterocycles. The summed E-state index contributed by atoms with van der Waals surface area (Å²) in [5, 5.41) is 0. The second-order valence-corrected chi connectivity index (χ2v) is 5.76. The van der Waals surface area contributed by atoms with Crippen LogP contribution in [0.1, 0.15) is 38.7 Å². The largest absolute Gasteiger partial charge is 0.472 e. The molecule has 1 aromatic rings. The Kier molecular flexibility index (Phi) is 4.43. The summed E-state index contributed by atoms with van der Waals surface area (Å²) in [5.41, 5.74) is 4.25. The maximum atomic E-state index is 5.77. The zero-order chi connectivity index (χ0) is 13.0. The van der Waals surface area contributed by atoms with Crippen LogP contribution in [-0.4, -0.2) is 29.6 Å². The molecule has 0 saturated carbocycles. The van der Waals surface area contributed by atoms with Crippen LogP contribution in [0.25, 0.3) is 0 Å². The number of hydrazine groups is 1. The van der Waals surface area contributed by atoms with Crippen LogP contribution >= 0.6 is 0 Å². The van der Waals surface area contributed by atoms with Crippen molar-refractivity contribution in [2.24, 2.45) is 5.84 Å². The average Bonchev–Trinajstić information content (AvgIpc) is 2.89. The lowest BCUT2D eigenvalue weighted by molar-refractivity contribution is 0.0610. The summed E-state index contributed by atoms with van der Waals surface area (Å²) in [6.07, 6.45) is 8.37. The fourth-order valence-electron chi connectivity index (χ4n) is 2.85. The van der Waals surface area contributed by atoms with Gasteiger partial charge in [-0.3, -0.25) is 16.2 Å². The molecular weight excluding hydrogens is 226 g/mol. The van der Waals surface area contributed by atoms with E-state index in [-0.39, 0.29) is 11.6 Å². The molecule has 18 heavy (non-hydrogen) atoms. The maximum absolute atomic E-state index is 5.77. The predicted octanol–water partition coefficient (Wildman–Crippen LogP) is 1.92. The van der Waals surface area contributed by atoms with Crippen molar-refractivity contribution in [3.63, 3.8) is 0 Å². The Labute approximate surface area is 109 Å². The highest BCUT2D eigenvalue weighted by atomic mass is 16.3. The van der Waals surface area contributed by atoms with Crippen molar-refractivity contribution in [1.29, 1.82) is 0 Å². The minimum atomic E-state index is 0.0619. The van der Waals surface area contributed by atoms with Gasteiger partial charge >= 0.3 is 0 Å². The Morgan fingerprint density at radius 3 is 2.67 bits per heavy atom. The van der Waals surface area contributed by atoms with Gasteiger partial charge in [-0.15, -0.1) is 0 Å². The standard InChI is InChI=1S/C14H25N3O/c1-14(2,17-7-4-3-5-8-17)13(16-15)10-12-6-9-18-11-12/h6,9,11,13,16H,3-5,7-8,10,15H2,1-2H3. The minimum absolute atomic E-state index is 0.0619. The number of nitrogens with two attached hydrogens (primary N) is 1. The van der Waals surface area contributed by atoms with Crippen molar-refractivity contribution in [3.8, 4) is 0 Å². The summed E-state index contributed by atoms with van der Waals surface area (Å²) in [5.74, 6) is 5.77. The van der Waals surface area contributed by atoms with E-state index < -0.39 is 0 Å². The van der Waals surface area contributed by atoms with Crippen molar-refractivity contribution in [2.75, 3.05) is 13.1 Å². The number of nitrogens with zero attached hydrogens (tertiary/aromatic N) is 1. The lowest BCUT2D eigenvalue weighted by Gasteiger charge is -2.45. The molecule has 4 nitrogen and oxygen atoms in total. The van der Waals surface area contributed by atoms with E-state index in [2.05, 4.69) is 24.2 Å². The summed E-state index contributed by atoms with van der Waals surface area (Å²) in [7, 11) is 0. The lowest BCUT2D eigenvalue weighted by atomic mass is 9.87. The molecule has 0 aliphatic carbocycles. The molecule has 1 saturated heterocycles. The molecular formula is C14H25N3O. The molecule has 2 heterocycles. The molecule has 1 atom stereocenters. The van der Waals surface area contributed by atoms with Crippen molar-refractivity contribution in [1.82, 2.24) is 10.3 Å². The Balaban J connectivity index is 2.04. The van der Waals surface area contributed by atoms with E-state index in [9.17, 15) is 0 Å². The van der Waals surface area contributed by atoms with E-state index in [4.69, 9.17) is 10.3 Å². The number of piperidine rings is 1. The van der Waals surface area contributed by atoms with Gasteiger partial charge in [0.1, 0.15) is 0 Å². The van der Waals surface area contributed by atoms with E-state index >= 15 is 0 Å². The van der Waals surface area contributed by atoms with Crippen molar-refractivity contribution in [3.05, 3.63) is 24.2 Å². The summed E-state index contributed by atoms with van der Waals surface area (Å²) in [6.45, 7) is 6.92. The van der Waals surface area contributed by atoms with Crippen LogP contribution in [-0.2, 0) is 6.42 Å². The van der Waals surface area contributed by atoms with Gasteiger partial charge in [-0.1, -0.05) is 6.42 Å². The fourth-order valence-corrected chi connectivity index (χ4v) is 2.85. The first-order valence-electron chi connectivity index (χ1n) is 6.87. The van der Waals surface area contributed by atoms with E-state index in [1.165, 1.54) is 37.9 Å². The number of nitrogens with one attached hydrogen (secondary N) is 1. The topological polar surface area (TPSA) is 54.4 Å². The van der Waals surface area contributed by atoms with Gasteiger partial charge in [0.2, 0.25) is 0 Å². The molecule has 3 N–H and O–H groups in total. The zero-order valence-corrected chi connectivity index (χ0v) is 11.5. The minimum Gasteiger partial charge on any atom is -0.472 e. The van der Waals surface area contributed by atoms with Crippen molar-refractivity contribution >= 4 is 0 Å². The second-order valence-electron chi connectivity index (χ2n) is 5.76. The third-order valence-electron chi connectivity index (χ3n) is 4.24. The SMILES string of the molecule is CC(C)(C(Cc1ccoc1)NN)N1CCCCC1. The van der Waals surface area contributed by atoms with Crippen LogP contribution in [0.15, 0.2) is 23.0 Å². The molecule has 102 valence electrons. The molecule has 2 rings (SSSR count). The third kappa shape index (κ3) is 2.94. The summed E-state index contributed by atoms with van der Waals surface area (Å²) < 4.78 is 5.14. The molecule has 1 aliphatic rings. The van der Waals surface area contributed by atoms with Gasteiger partial charge in [-0.05, 0) is 57.8 Å². The highest BCUT2D eigenvalue weighted by molar-refractivity contribution is 5.10. The monoisotopic (exact) mass is 251 g/mol. The maximum Gasteiger partial charge on any atom is 0.0935 e. The number of likely N-dealkylation sites (tertiary alicyclic amines) is 1. The number of furan rings is 1. The van der Waals surface area contributed by atoms with Gasteiger partial charge < -0.3 is 4.42 Å². The lowest BCUT2D eigenvalue weighted by Crippen LogP contribution is -2.61. The van der Waals surface area contributed by atoms with Crippen LogP contribution in [0.5, 0.6) is 0 Å². The molecule has 0 radical (unpaired) electrons. The van der Waals surface area contributed by atoms with Crippen LogP contribution < -0.4 is 11.3 Å². The van der Waals surface area contributed by atoms with Crippen molar-refractivity contribution < 1.29 is 4.42 Å². The Morgan fingerprint density at radius 1 is 1.39 bits per heavy atom. The highest BCUT2D eigenvalue weighted by Gasteiger charge is 2.35. The molecule has 1 unspecified atom stereocenters. The summed E-state index contributed by atoms with van der Waals surface area (Å²) in [6, 6.07) is 2.24. The van der Waals surface area contributed by atoms with Gasteiger partial charge in [-0.25, -0.2) is 0 Å². The Bertz CT molecular complexity index is 342. The smallest absolute Gasteiger partial charge is 0.0935 e. The van der Waals surface area contributed by atoms with Crippen LogP contribution in [0.3, 0.4) is 0 Å². The number of hydrogen-bond acceptors (Lipinski definition) is 4. The Morgan fingerprint density at radius 2 is 2.11 bits per heavy atom. The van der Waals surface area contributed by atoms with Gasteiger partial charge in [0, 0.05) is 11.6 Å². The van der Waals surface area contributed by atoms with Crippen molar-refractivity contribution in [2.45, 2.75) is 51.1 Å². The fraction of sp³-hybridized carbons (Fsp3) is 0.714. The van der Waals surface area contributed by atoms with Crippen LogP contribution in [0.2, 0.25) is 0 Å². The van der Waals surface area contributed by atoms with Gasteiger partial charge in [-0.2, -0.15) is 0 Å². The number of rotatable bonds is 5. The van der Waals surface area contributed by atoms with Gasteiger partial charge in [0.05, 0.1) is 12.5 Å². The predicted molar refractivity (Wildman–Crippen MR) is 73.0 cm³/mol. The molecule has 1 fully saturated rings. The normalized spacial score (nSPS) is 19.9. The Hall–Kier alpha value is -0.840. The highest BCUT2D eigenvalue weighted by Crippen LogP contribution is 2.25. The van der Waals surface area contributed by atoms with E-state index in [0.717, 1.165) is 6.42 Å². The van der Waals surface area contributed by atoms with Gasteiger partial charge in [0.15, 0.2) is 0 Å². The third-order valence-corrected chi connectivity index (χ3v) is 4.24. The second kappa shape index (κ2) is 5.87. The zero-order valence-electron chi connectivity index (χ0n) is 11.5. The molecule has 4 heteroatoms. The molecule has 0 amide bonds. The molecule has 0 spiro atoms. The number of hydrogen-bond donors (Lipinski definition) is 2. The molecule has 0 aromatic carbocycles. The van der Waals surface area contributed by atoms with Crippen LogP contribution in [0, 0.1) is 0 Å². The first-order valence-corrected chi connectivity index (χ1v) is 6.87. The molecule has 0 bridgehead atoms. The summed E-state index contributed by atoms with van der Waals surface area (Å²) >= 11 is 0. The average molecular weight is 251 g/mol. The quantitative estimate of drug-likeness (QED) is 0.620. The first kappa shape index (κ1) is 13.6. The summed E-state index contributed by atoms with van der Waals surface area (Å²) in [4.78, 5) is 2.56.